The standard InChI is InChI=1S/C18H21NO6/c1-11-14(12(2)25-19-11)6-8-18(21)24-10-16(20)15-9-13(22-3)5-7-17(15)23-4/h5,7,9H,6,8,10H2,1-4H3. The largest absolute Gasteiger partial charge is 0.497 e. The number of esters is 1. The Morgan fingerprint density at radius 2 is 1.92 bits per heavy atom. The van der Waals surface area contributed by atoms with Crippen molar-refractivity contribution in [1.29, 1.82) is 0 Å². The Morgan fingerprint density at radius 1 is 1.16 bits per heavy atom. The van der Waals surface area contributed by atoms with Gasteiger partial charge in [0.1, 0.15) is 17.3 Å². The van der Waals surface area contributed by atoms with Gasteiger partial charge >= 0.3 is 5.97 Å². The molecule has 0 saturated heterocycles. The number of benzene rings is 1. The molecule has 25 heavy (non-hydrogen) atoms. The summed E-state index contributed by atoms with van der Waals surface area (Å²) in [6.07, 6.45) is 0.599. The highest BCUT2D eigenvalue weighted by atomic mass is 16.5. The van der Waals surface area contributed by atoms with E-state index >= 15 is 0 Å². The molecule has 7 nitrogen and oxygen atoms in total. The van der Waals surface area contributed by atoms with Crippen molar-refractivity contribution in [3.63, 3.8) is 0 Å². The van der Waals surface area contributed by atoms with Crippen LogP contribution in [0.25, 0.3) is 0 Å². The number of Topliss-reactive ketones (excluding diaryl/α,β-unsaturated/α-hetero) is 1. The second-order valence-corrected chi connectivity index (χ2v) is 5.45. The van der Waals surface area contributed by atoms with E-state index in [4.69, 9.17) is 18.7 Å². The van der Waals surface area contributed by atoms with E-state index in [0.29, 0.717) is 29.2 Å². The van der Waals surface area contributed by atoms with E-state index < -0.39 is 5.97 Å². The molecule has 0 unspecified atom stereocenters. The lowest BCUT2D eigenvalue weighted by atomic mass is 10.1. The molecule has 0 saturated carbocycles. The topological polar surface area (TPSA) is 87.9 Å². The van der Waals surface area contributed by atoms with Crippen molar-refractivity contribution in [1.82, 2.24) is 5.16 Å². The third-order valence-corrected chi connectivity index (χ3v) is 3.83. The summed E-state index contributed by atoms with van der Waals surface area (Å²) < 4.78 is 20.4. The number of carbonyl (C=O) groups is 2. The molecule has 0 atom stereocenters. The van der Waals surface area contributed by atoms with Crippen LogP contribution in [0.1, 0.15) is 33.8 Å². The molecule has 134 valence electrons. The fraction of sp³-hybridized carbons (Fsp3) is 0.389. The van der Waals surface area contributed by atoms with Gasteiger partial charge in [-0.15, -0.1) is 0 Å². The summed E-state index contributed by atoms with van der Waals surface area (Å²) in [5, 5.41) is 3.84. The first-order valence-corrected chi connectivity index (χ1v) is 7.78. The molecular formula is C18H21NO6. The predicted molar refractivity (Wildman–Crippen MR) is 89.1 cm³/mol. The van der Waals surface area contributed by atoms with Crippen LogP contribution in [0, 0.1) is 13.8 Å². The van der Waals surface area contributed by atoms with Gasteiger partial charge in [0.15, 0.2) is 6.61 Å². The summed E-state index contributed by atoms with van der Waals surface area (Å²) in [7, 11) is 2.97. The van der Waals surface area contributed by atoms with Crippen molar-refractivity contribution in [2.45, 2.75) is 26.7 Å². The van der Waals surface area contributed by atoms with Crippen molar-refractivity contribution in [3.05, 3.63) is 40.8 Å². The molecule has 0 radical (unpaired) electrons. The fourth-order valence-corrected chi connectivity index (χ4v) is 2.41. The Hall–Kier alpha value is -2.83. The highest BCUT2D eigenvalue weighted by Crippen LogP contribution is 2.24. The average Bonchev–Trinajstić information content (AvgIpc) is 2.95. The minimum Gasteiger partial charge on any atom is -0.497 e. The summed E-state index contributed by atoms with van der Waals surface area (Å²) in [5.41, 5.74) is 1.95. The van der Waals surface area contributed by atoms with Crippen molar-refractivity contribution < 1.29 is 28.3 Å². The van der Waals surface area contributed by atoms with Crippen LogP contribution in [0.3, 0.4) is 0 Å². The van der Waals surface area contributed by atoms with E-state index in [1.165, 1.54) is 14.2 Å². The first-order valence-electron chi connectivity index (χ1n) is 7.78. The van der Waals surface area contributed by atoms with Crippen LogP contribution in [-0.2, 0) is 16.0 Å². The van der Waals surface area contributed by atoms with Crippen LogP contribution in [0.15, 0.2) is 22.7 Å². The van der Waals surface area contributed by atoms with Gasteiger partial charge in [0.25, 0.3) is 0 Å². The molecule has 0 amide bonds. The van der Waals surface area contributed by atoms with Crippen molar-refractivity contribution in [2.75, 3.05) is 20.8 Å². The smallest absolute Gasteiger partial charge is 0.306 e. The van der Waals surface area contributed by atoms with E-state index in [1.807, 2.05) is 6.92 Å². The number of hydrogen-bond acceptors (Lipinski definition) is 7. The van der Waals surface area contributed by atoms with Crippen molar-refractivity contribution in [2.24, 2.45) is 0 Å². The average molecular weight is 347 g/mol. The zero-order chi connectivity index (χ0) is 18.4. The summed E-state index contributed by atoms with van der Waals surface area (Å²) in [6, 6.07) is 4.87. The Balaban J connectivity index is 1.92. The molecule has 0 aliphatic carbocycles. The van der Waals surface area contributed by atoms with Gasteiger partial charge in [0.2, 0.25) is 5.78 Å². The van der Waals surface area contributed by atoms with Crippen LogP contribution in [0.5, 0.6) is 11.5 Å². The number of aryl methyl sites for hydroxylation is 2. The van der Waals surface area contributed by atoms with E-state index in [-0.39, 0.29) is 18.8 Å². The van der Waals surface area contributed by atoms with Crippen LogP contribution >= 0.6 is 0 Å². The molecule has 2 aromatic rings. The molecule has 1 aromatic heterocycles. The summed E-state index contributed by atoms with van der Waals surface area (Å²) in [6.45, 7) is 3.25. The maximum atomic E-state index is 12.3. The number of methoxy groups -OCH3 is 2. The van der Waals surface area contributed by atoms with E-state index in [0.717, 1.165) is 11.3 Å². The molecule has 1 heterocycles. The Kier molecular flexibility index (Phi) is 6.16. The first kappa shape index (κ1) is 18.5. The zero-order valence-electron chi connectivity index (χ0n) is 14.8. The molecule has 0 fully saturated rings. The van der Waals surface area contributed by atoms with Gasteiger partial charge in [-0.25, -0.2) is 0 Å². The lowest BCUT2D eigenvalue weighted by molar-refractivity contribution is -0.142. The molecule has 0 aliphatic heterocycles. The number of carbonyl (C=O) groups excluding carboxylic acids is 2. The third-order valence-electron chi connectivity index (χ3n) is 3.83. The first-order chi connectivity index (χ1) is 12.0. The third kappa shape index (κ3) is 4.59. The van der Waals surface area contributed by atoms with Gasteiger partial charge in [-0.2, -0.15) is 0 Å². The van der Waals surface area contributed by atoms with E-state index in [1.54, 1.807) is 25.1 Å². The van der Waals surface area contributed by atoms with Crippen LogP contribution < -0.4 is 9.47 Å². The molecule has 1 aromatic carbocycles. The highest BCUT2D eigenvalue weighted by molar-refractivity contribution is 6.00. The van der Waals surface area contributed by atoms with Crippen LogP contribution in [-0.4, -0.2) is 37.7 Å². The minimum absolute atomic E-state index is 0.144. The SMILES string of the molecule is COc1ccc(OC)c(C(=O)COC(=O)CCc2c(C)noc2C)c1. The van der Waals surface area contributed by atoms with E-state index in [2.05, 4.69) is 5.16 Å². The number of ether oxygens (including phenoxy) is 3. The minimum atomic E-state index is -0.463. The monoisotopic (exact) mass is 347 g/mol. The summed E-state index contributed by atoms with van der Waals surface area (Å²) >= 11 is 0. The lowest BCUT2D eigenvalue weighted by Crippen LogP contribution is -2.15. The predicted octanol–water partition coefficient (Wildman–Crippen LogP) is 2.67. The van der Waals surface area contributed by atoms with Gasteiger partial charge in [-0.3, -0.25) is 9.59 Å². The molecule has 0 spiro atoms. The number of ketones is 1. The number of rotatable bonds is 8. The van der Waals surface area contributed by atoms with Crippen molar-refractivity contribution in [3.8, 4) is 11.5 Å². The van der Waals surface area contributed by atoms with Crippen LogP contribution in [0.2, 0.25) is 0 Å². The van der Waals surface area contributed by atoms with E-state index in [9.17, 15) is 9.59 Å². The van der Waals surface area contributed by atoms with Gasteiger partial charge in [0.05, 0.1) is 25.5 Å². The number of aromatic nitrogens is 1. The number of nitrogens with zero attached hydrogens (tertiary/aromatic N) is 1. The maximum Gasteiger partial charge on any atom is 0.306 e. The normalized spacial score (nSPS) is 10.4. The summed E-state index contributed by atoms with van der Waals surface area (Å²) in [4.78, 5) is 24.2. The molecule has 0 aliphatic rings. The summed E-state index contributed by atoms with van der Waals surface area (Å²) in [5.74, 6) is 0.783. The maximum absolute atomic E-state index is 12.3. The highest BCUT2D eigenvalue weighted by Gasteiger charge is 2.17. The molecule has 0 bridgehead atoms. The molecule has 7 heteroatoms. The molecule has 2 rings (SSSR count). The van der Waals surface area contributed by atoms with Gasteiger partial charge in [-0.05, 0) is 38.5 Å². The Morgan fingerprint density at radius 3 is 2.52 bits per heavy atom. The zero-order valence-corrected chi connectivity index (χ0v) is 14.8. The number of hydrogen-bond donors (Lipinski definition) is 0. The Labute approximate surface area is 145 Å². The van der Waals surface area contributed by atoms with Crippen molar-refractivity contribution >= 4 is 11.8 Å². The molecular weight excluding hydrogens is 326 g/mol. The molecule has 0 N–H and O–H groups in total. The Bertz CT molecular complexity index is 745. The van der Waals surface area contributed by atoms with Gasteiger partial charge in [0, 0.05) is 12.0 Å². The van der Waals surface area contributed by atoms with Gasteiger partial charge < -0.3 is 18.7 Å². The fourth-order valence-electron chi connectivity index (χ4n) is 2.41. The lowest BCUT2D eigenvalue weighted by Gasteiger charge is -2.10. The van der Waals surface area contributed by atoms with Crippen LogP contribution in [0.4, 0.5) is 0 Å². The second kappa shape index (κ2) is 8.32. The second-order valence-electron chi connectivity index (χ2n) is 5.45. The quantitative estimate of drug-likeness (QED) is 0.536. The van der Waals surface area contributed by atoms with Gasteiger partial charge in [-0.1, -0.05) is 5.16 Å².